The number of benzene rings is 1. The van der Waals surface area contributed by atoms with Crippen molar-refractivity contribution >= 4 is 17.6 Å². The summed E-state index contributed by atoms with van der Waals surface area (Å²) in [5, 5.41) is 2.54. The van der Waals surface area contributed by atoms with Gasteiger partial charge in [-0.3, -0.25) is 9.79 Å². The van der Waals surface area contributed by atoms with Crippen molar-refractivity contribution in [1.29, 1.82) is 0 Å². The monoisotopic (exact) mass is 384 g/mol. The van der Waals surface area contributed by atoms with Gasteiger partial charge in [-0.1, -0.05) is 6.08 Å². The topological polar surface area (TPSA) is 67.8 Å². The van der Waals surface area contributed by atoms with Crippen LogP contribution in [0.4, 0.5) is 13.2 Å². The molecule has 0 unspecified atom stereocenters. The molecule has 0 spiro atoms. The van der Waals surface area contributed by atoms with Crippen LogP contribution in [-0.2, 0) is 10.9 Å². The molecule has 0 aliphatic heterocycles. The van der Waals surface area contributed by atoms with Gasteiger partial charge in [-0.25, -0.2) is 4.79 Å². The molecule has 8 heteroatoms. The molecule has 0 saturated heterocycles. The van der Waals surface area contributed by atoms with Gasteiger partial charge in [0.05, 0.1) is 28.9 Å². The van der Waals surface area contributed by atoms with E-state index in [9.17, 15) is 22.8 Å². The summed E-state index contributed by atoms with van der Waals surface area (Å²) < 4.78 is 44.2. The molecule has 5 nitrogen and oxygen atoms in total. The van der Waals surface area contributed by atoms with Crippen molar-refractivity contribution in [2.45, 2.75) is 39.5 Å². The number of halogens is 3. The average molecular weight is 384 g/mol. The third-order valence-electron chi connectivity index (χ3n) is 3.29. The molecule has 0 bridgehead atoms. The Hall–Kier alpha value is -2.64. The molecular formula is C19H23F3N2O3. The largest absolute Gasteiger partial charge is 0.456 e. The zero-order valence-electron chi connectivity index (χ0n) is 15.9. The normalized spacial score (nSPS) is 13.0. The van der Waals surface area contributed by atoms with Crippen LogP contribution < -0.4 is 5.32 Å². The third kappa shape index (κ3) is 6.88. The lowest BCUT2D eigenvalue weighted by Crippen LogP contribution is -2.31. The number of rotatable bonds is 5. The van der Waals surface area contributed by atoms with Crippen molar-refractivity contribution in [3.05, 3.63) is 47.0 Å². The van der Waals surface area contributed by atoms with Crippen molar-refractivity contribution in [3.63, 3.8) is 0 Å². The first kappa shape index (κ1) is 22.4. The van der Waals surface area contributed by atoms with Crippen molar-refractivity contribution in [2.24, 2.45) is 4.99 Å². The molecule has 0 atom stereocenters. The van der Waals surface area contributed by atoms with Gasteiger partial charge in [0.15, 0.2) is 0 Å². The number of alkyl halides is 3. The molecule has 1 aromatic rings. The molecule has 1 aromatic carbocycles. The van der Waals surface area contributed by atoms with Crippen LogP contribution in [0.1, 0.15) is 54.0 Å². The highest BCUT2D eigenvalue weighted by molar-refractivity contribution is 6.07. The first-order valence-electron chi connectivity index (χ1n) is 8.20. The molecule has 148 valence electrons. The quantitative estimate of drug-likeness (QED) is 0.615. The fourth-order valence-electron chi connectivity index (χ4n) is 2.09. The molecule has 0 aliphatic carbocycles. The van der Waals surface area contributed by atoms with Gasteiger partial charge in [0.1, 0.15) is 5.60 Å². The van der Waals surface area contributed by atoms with Gasteiger partial charge in [-0.2, -0.15) is 13.2 Å². The Morgan fingerprint density at radius 1 is 1.19 bits per heavy atom. The zero-order chi connectivity index (χ0) is 20.8. The summed E-state index contributed by atoms with van der Waals surface area (Å²) in [6, 6.07) is 2.35. The van der Waals surface area contributed by atoms with E-state index < -0.39 is 34.8 Å². The van der Waals surface area contributed by atoms with Crippen LogP contribution in [0.2, 0.25) is 0 Å². The average Bonchev–Trinajstić information content (AvgIpc) is 2.55. The first-order chi connectivity index (χ1) is 12.4. The lowest BCUT2D eigenvalue weighted by molar-refractivity contribution is -0.137. The number of carbonyl (C=O) groups excluding carboxylic acids is 2. The van der Waals surface area contributed by atoms with E-state index in [1.807, 2.05) is 0 Å². The van der Waals surface area contributed by atoms with E-state index in [0.29, 0.717) is 11.8 Å². The summed E-state index contributed by atoms with van der Waals surface area (Å²) in [4.78, 5) is 28.8. The Kier molecular flexibility index (Phi) is 7.33. The number of hydrogen-bond donors (Lipinski definition) is 1. The van der Waals surface area contributed by atoms with Crippen molar-refractivity contribution < 1.29 is 27.5 Å². The highest BCUT2D eigenvalue weighted by Crippen LogP contribution is 2.31. The summed E-state index contributed by atoms with van der Waals surface area (Å²) in [5.74, 6) is -1.70. The molecule has 1 N–H and O–H groups in total. The van der Waals surface area contributed by atoms with E-state index in [1.54, 1.807) is 46.9 Å². The molecule has 1 amide bonds. The van der Waals surface area contributed by atoms with Crippen molar-refractivity contribution in [1.82, 2.24) is 5.32 Å². The summed E-state index contributed by atoms with van der Waals surface area (Å²) in [7, 11) is 1.55. The van der Waals surface area contributed by atoms with E-state index in [0.717, 1.165) is 12.1 Å². The summed E-state index contributed by atoms with van der Waals surface area (Å²) >= 11 is 0. The van der Waals surface area contributed by atoms with Gasteiger partial charge in [0, 0.05) is 7.05 Å². The van der Waals surface area contributed by atoms with Crippen LogP contribution in [0.15, 0.2) is 35.3 Å². The highest BCUT2D eigenvalue weighted by atomic mass is 19.4. The van der Waals surface area contributed by atoms with E-state index in [4.69, 9.17) is 4.74 Å². The Morgan fingerprint density at radius 3 is 2.30 bits per heavy atom. The lowest BCUT2D eigenvalue weighted by Gasteiger charge is -2.21. The van der Waals surface area contributed by atoms with Crippen LogP contribution >= 0.6 is 0 Å². The molecule has 0 heterocycles. The standard InChI is InChI=1S/C19H23F3N2O3/c1-6-7-13(23-5)11-24-16(25)14-9-8-12(19(20,21)22)10-15(14)17(26)27-18(2,3)4/h6-10H,11H2,1-5H3,(H,24,25)/b7-6-,23-13?. The van der Waals surface area contributed by atoms with E-state index >= 15 is 0 Å². The number of allylic oxidation sites excluding steroid dienone is 1. The van der Waals surface area contributed by atoms with Gasteiger partial charge in [0.2, 0.25) is 0 Å². The number of amides is 1. The number of hydrogen-bond acceptors (Lipinski definition) is 4. The maximum atomic E-state index is 13.0. The van der Waals surface area contributed by atoms with Gasteiger partial charge >= 0.3 is 12.1 Å². The molecule has 1 rings (SSSR count). The second-order valence-electron chi connectivity index (χ2n) is 6.66. The maximum Gasteiger partial charge on any atom is 0.416 e. The Morgan fingerprint density at radius 2 is 1.81 bits per heavy atom. The minimum absolute atomic E-state index is 0.0639. The summed E-state index contributed by atoms with van der Waals surface area (Å²) in [5.41, 5.74) is -2.04. The lowest BCUT2D eigenvalue weighted by atomic mass is 10.0. The number of esters is 1. The fraction of sp³-hybridized carbons (Fsp3) is 0.421. The summed E-state index contributed by atoms with van der Waals surface area (Å²) in [6.45, 7) is 6.59. The number of nitrogens with one attached hydrogen (secondary N) is 1. The van der Waals surface area contributed by atoms with Gasteiger partial charge in [-0.05, 0) is 52.0 Å². The minimum atomic E-state index is -4.65. The maximum absolute atomic E-state index is 13.0. The highest BCUT2D eigenvalue weighted by Gasteiger charge is 2.33. The Balaban J connectivity index is 3.24. The Bertz CT molecular complexity index is 760. The molecule has 0 aliphatic rings. The fourth-order valence-corrected chi connectivity index (χ4v) is 2.09. The molecule has 27 heavy (non-hydrogen) atoms. The Labute approximate surface area is 156 Å². The van der Waals surface area contributed by atoms with Gasteiger partial charge in [-0.15, -0.1) is 0 Å². The molecule has 0 saturated carbocycles. The SMILES string of the molecule is C/C=C\C(CNC(=O)c1ccc(C(F)(F)F)cc1C(=O)OC(C)(C)C)=NC. The van der Waals surface area contributed by atoms with Crippen LogP contribution in [0, 0.1) is 0 Å². The zero-order valence-corrected chi connectivity index (χ0v) is 15.9. The van der Waals surface area contributed by atoms with Crippen LogP contribution in [0.3, 0.4) is 0 Å². The molecular weight excluding hydrogens is 361 g/mol. The summed E-state index contributed by atoms with van der Waals surface area (Å²) in [6.07, 6.45) is -1.24. The molecule has 0 fully saturated rings. The number of nitrogens with zero attached hydrogens (tertiary/aromatic N) is 1. The molecule has 0 aromatic heterocycles. The van der Waals surface area contributed by atoms with Crippen LogP contribution in [0.25, 0.3) is 0 Å². The smallest absolute Gasteiger partial charge is 0.416 e. The van der Waals surface area contributed by atoms with Crippen molar-refractivity contribution in [2.75, 3.05) is 13.6 Å². The van der Waals surface area contributed by atoms with E-state index in [1.165, 1.54) is 0 Å². The van der Waals surface area contributed by atoms with Gasteiger partial charge in [0.25, 0.3) is 5.91 Å². The number of ether oxygens (including phenoxy) is 1. The van der Waals surface area contributed by atoms with Crippen LogP contribution in [-0.4, -0.2) is 36.8 Å². The number of aliphatic imine (C=N–C) groups is 1. The van der Waals surface area contributed by atoms with Gasteiger partial charge < -0.3 is 10.1 Å². The van der Waals surface area contributed by atoms with Crippen molar-refractivity contribution in [3.8, 4) is 0 Å². The van der Waals surface area contributed by atoms with E-state index in [-0.39, 0.29) is 12.1 Å². The minimum Gasteiger partial charge on any atom is -0.456 e. The third-order valence-corrected chi connectivity index (χ3v) is 3.29. The van der Waals surface area contributed by atoms with E-state index in [2.05, 4.69) is 10.3 Å². The number of carbonyl (C=O) groups is 2. The predicted octanol–water partition coefficient (Wildman–Crippen LogP) is 4.04. The first-order valence-corrected chi connectivity index (χ1v) is 8.20. The second kappa shape index (κ2) is 8.83. The predicted molar refractivity (Wildman–Crippen MR) is 97.1 cm³/mol. The second-order valence-corrected chi connectivity index (χ2v) is 6.66. The van der Waals surface area contributed by atoms with Crippen LogP contribution in [0.5, 0.6) is 0 Å². The molecule has 0 radical (unpaired) electrons.